The molecule has 0 saturated carbocycles. The fourth-order valence-corrected chi connectivity index (χ4v) is 3.01. The highest BCUT2D eigenvalue weighted by Gasteiger charge is 2.50. The molecule has 0 aliphatic carbocycles. The Morgan fingerprint density at radius 3 is 2.77 bits per heavy atom. The summed E-state index contributed by atoms with van der Waals surface area (Å²) in [5.41, 5.74) is 2.01. The number of hydrogen-bond acceptors (Lipinski definition) is 9. The molecule has 14 heteroatoms. The number of anilines is 1. The van der Waals surface area contributed by atoms with E-state index in [1.807, 2.05) is 0 Å². The number of ether oxygens (including phenoxy) is 1. The van der Waals surface area contributed by atoms with Crippen LogP contribution in [-0.2, 0) is 19.6 Å². The molecule has 2 atom stereocenters. The molecule has 1 unspecified atom stereocenters. The van der Waals surface area contributed by atoms with E-state index in [1.54, 1.807) is 0 Å². The first-order chi connectivity index (χ1) is 12.0. The number of aromatic nitrogens is 4. The van der Waals surface area contributed by atoms with E-state index in [0.29, 0.717) is 0 Å². The Hall–Kier alpha value is -2.15. The molecule has 0 spiro atoms. The summed E-state index contributed by atoms with van der Waals surface area (Å²) in [7, 11) is -4.84. The first-order valence-electron chi connectivity index (χ1n) is 7.10. The fourth-order valence-electron chi connectivity index (χ4n) is 2.59. The second-order valence-corrected chi connectivity index (χ2v) is 7.03. The Balaban J connectivity index is 2.05. The van der Waals surface area contributed by atoms with Crippen LogP contribution in [-0.4, -0.2) is 58.3 Å². The predicted octanol–water partition coefficient (Wildman–Crippen LogP) is -0.467. The third-order valence-electron chi connectivity index (χ3n) is 3.84. The number of aliphatic hydroxyl groups excluding tert-OH is 2. The van der Waals surface area contributed by atoms with Crippen LogP contribution >= 0.6 is 7.82 Å². The summed E-state index contributed by atoms with van der Waals surface area (Å²) >= 11 is 0. The van der Waals surface area contributed by atoms with Crippen LogP contribution in [0.5, 0.6) is 0 Å². The number of nitrogens with zero attached hydrogens (tertiary/aromatic N) is 4. The first-order valence-corrected chi connectivity index (χ1v) is 8.63. The van der Waals surface area contributed by atoms with Crippen LogP contribution in [0.3, 0.4) is 0 Å². The average Bonchev–Trinajstić information content (AvgIpc) is 3.06. The number of nitrogens with two attached hydrogens (primary N) is 1. The van der Waals surface area contributed by atoms with Crippen molar-refractivity contribution >= 4 is 24.8 Å². The van der Waals surface area contributed by atoms with Gasteiger partial charge in [-0.1, -0.05) is 0 Å². The van der Waals surface area contributed by atoms with Crippen molar-refractivity contribution in [3.05, 3.63) is 24.2 Å². The Morgan fingerprint density at radius 1 is 1.46 bits per heavy atom. The fraction of sp³-hybridized carbons (Fsp3) is 0.417. The summed E-state index contributed by atoms with van der Waals surface area (Å²) in [6, 6.07) is 0. The van der Waals surface area contributed by atoms with Crippen molar-refractivity contribution in [1.82, 2.24) is 19.5 Å². The van der Waals surface area contributed by atoms with E-state index in [-0.39, 0.29) is 17.0 Å². The highest BCUT2D eigenvalue weighted by molar-refractivity contribution is 7.46. The van der Waals surface area contributed by atoms with Gasteiger partial charge in [0.2, 0.25) is 0 Å². The summed E-state index contributed by atoms with van der Waals surface area (Å²) in [5.74, 6) is -0.706. The van der Waals surface area contributed by atoms with Crippen molar-refractivity contribution in [3.8, 4) is 0 Å². The van der Waals surface area contributed by atoms with E-state index in [1.165, 1.54) is 6.92 Å². The second-order valence-electron chi connectivity index (χ2n) is 5.79. The lowest BCUT2D eigenvalue weighted by molar-refractivity contribution is -0.167. The minimum Gasteiger partial charge on any atom is -0.509 e. The highest BCUT2D eigenvalue weighted by atomic mass is 31.2. The maximum absolute atomic E-state index is 13.5. The molecule has 0 aromatic carbocycles. The number of nitrogen functional groups attached to an aromatic ring is 1. The summed E-state index contributed by atoms with van der Waals surface area (Å²) in [5, 5.41) is 20.1. The molecule has 0 bridgehead atoms. The lowest BCUT2D eigenvalue weighted by atomic mass is 10.1. The molecule has 2 aromatic heterocycles. The first kappa shape index (κ1) is 18.6. The molecular formula is C12H15FN5O7P. The largest absolute Gasteiger partial charge is 0.509 e. The molecule has 1 aliphatic heterocycles. The zero-order valence-corrected chi connectivity index (χ0v) is 14.2. The number of hydrogen-bond donors (Lipinski definition) is 5. The molecule has 26 heavy (non-hydrogen) atoms. The van der Waals surface area contributed by atoms with Gasteiger partial charge in [-0.3, -0.25) is 9.09 Å². The van der Waals surface area contributed by atoms with E-state index < -0.39 is 44.2 Å². The minimum atomic E-state index is -4.84. The topological polar surface area (TPSA) is 186 Å². The number of phosphoric ester groups is 1. The van der Waals surface area contributed by atoms with E-state index in [0.717, 1.165) is 17.0 Å². The lowest BCUT2D eigenvalue weighted by Gasteiger charge is -2.32. The molecule has 1 aliphatic rings. The lowest BCUT2D eigenvalue weighted by Crippen LogP contribution is -2.43. The second kappa shape index (κ2) is 5.94. The van der Waals surface area contributed by atoms with Crippen molar-refractivity contribution in [2.45, 2.75) is 18.2 Å². The molecule has 6 N–H and O–H groups in total. The Bertz CT molecular complexity index is 945. The normalized spacial score (nSPS) is 26.4. The number of imidazole rings is 1. The van der Waals surface area contributed by atoms with Gasteiger partial charge in [0, 0.05) is 6.08 Å². The SMILES string of the molecule is CC1(COP(=O)(O)O)O[C@@](CO)(n2cnc3c(N)nc(F)nc32)C=C1O. The molecule has 0 radical (unpaired) electrons. The van der Waals surface area contributed by atoms with Crippen molar-refractivity contribution in [3.63, 3.8) is 0 Å². The molecule has 12 nitrogen and oxygen atoms in total. The highest BCUT2D eigenvalue weighted by Crippen LogP contribution is 2.44. The van der Waals surface area contributed by atoms with Crippen LogP contribution in [0.2, 0.25) is 0 Å². The zero-order chi connectivity index (χ0) is 19.3. The third-order valence-corrected chi connectivity index (χ3v) is 4.31. The summed E-state index contributed by atoms with van der Waals surface area (Å²) in [6.07, 6.45) is 1.08. The Morgan fingerprint density at radius 2 is 2.15 bits per heavy atom. The van der Waals surface area contributed by atoms with Crippen LogP contribution in [0.25, 0.3) is 11.2 Å². The van der Waals surface area contributed by atoms with Gasteiger partial charge in [-0.15, -0.1) is 0 Å². The van der Waals surface area contributed by atoms with E-state index in [2.05, 4.69) is 19.5 Å². The zero-order valence-electron chi connectivity index (χ0n) is 13.3. The number of fused-ring (bicyclic) bond motifs is 1. The van der Waals surface area contributed by atoms with Crippen molar-refractivity contribution in [2.75, 3.05) is 18.9 Å². The summed E-state index contributed by atoms with van der Waals surface area (Å²) < 4.78 is 35.6. The van der Waals surface area contributed by atoms with Crippen LogP contribution < -0.4 is 5.73 Å². The van der Waals surface area contributed by atoms with Crippen LogP contribution in [0, 0.1) is 6.08 Å². The monoisotopic (exact) mass is 391 g/mol. The van der Waals surface area contributed by atoms with Crippen LogP contribution in [0.1, 0.15) is 6.92 Å². The van der Waals surface area contributed by atoms with Gasteiger partial charge < -0.3 is 30.5 Å². The van der Waals surface area contributed by atoms with Gasteiger partial charge >= 0.3 is 13.9 Å². The number of rotatable bonds is 5. The van der Waals surface area contributed by atoms with Gasteiger partial charge in [0.1, 0.15) is 11.4 Å². The van der Waals surface area contributed by atoms with E-state index in [4.69, 9.17) is 20.3 Å². The molecule has 142 valence electrons. The Labute approximate surface area is 145 Å². The van der Waals surface area contributed by atoms with Gasteiger partial charge in [-0.25, -0.2) is 9.55 Å². The number of halogens is 1. The smallest absolute Gasteiger partial charge is 0.469 e. The molecule has 0 fully saturated rings. The molecule has 0 saturated heterocycles. The minimum absolute atomic E-state index is 0.0378. The van der Waals surface area contributed by atoms with E-state index >= 15 is 0 Å². The predicted molar refractivity (Wildman–Crippen MR) is 83.0 cm³/mol. The van der Waals surface area contributed by atoms with Crippen molar-refractivity contribution in [1.29, 1.82) is 0 Å². The van der Waals surface area contributed by atoms with Crippen molar-refractivity contribution < 1.29 is 38.2 Å². The van der Waals surface area contributed by atoms with Gasteiger partial charge in [-0.05, 0) is 6.92 Å². The summed E-state index contributed by atoms with van der Waals surface area (Å²) in [6.45, 7) is -0.187. The van der Waals surface area contributed by atoms with Gasteiger partial charge in [0.15, 0.2) is 22.7 Å². The average molecular weight is 391 g/mol. The number of aliphatic hydroxyl groups is 2. The molecule has 3 heterocycles. The van der Waals surface area contributed by atoms with Crippen LogP contribution in [0.15, 0.2) is 18.2 Å². The molecule has 0 amide bonds. The molecule has 3 rings (SSSR count). The van der Waals surface area contributed by atoms with Gasteiger partial charge in [0.25, 0.3) is 0 Å². The summed E-state index contributed by atoms with van der Waals surface area (Å²) in [4.78, 5) is 28.6. The Kier molecular flexibility index (Phi) is 4.26. The van der Waals surface area contributed by atoms with Gasteiger partial charge in [-0.2, -0.15) is 14.4 Å². The van der Waals surface area contributed by atoms with E-state index in [9.17, 15) is 19.2 Å². The molecule has 2 aromatic rings. The molecular weight excluding hydrogens is 376 g/mol. The van der Waals surface area contributed by atoms with Gasteiger partial charge in [0.05, 0.1) is 19.5 Å². The third kappa shape index (κ3) is 3.05. The number of phosphoric acid groups is 1. The maximum atomic E-state index is 13.5. The van der Waals surface area contributed by atoms with Crippen LogP contribution in [0.4, 0.5) is 10.2 Å². The standard InChI is InChI=1S/C12H15FN5O7P/c1-11(4-24-26(21,22)23)6(20)2-12(3-19,25-11)18-5-15-7-8(14)16-10(13)17-9(7)18/h2,5,19-20H,3-4H2,1H3,(H2,14,16,17)(H2,21,22,23)/t11?,12-/m0/s1. The van der Waals surface area contributed by atoms with Crippen molar-refractivity contribution in [2.24, 2.45) is 0 Å². The maximum Gasteiger partial charge on any atom is 0.469 e. The quantitative estimate of drug-likeness (QED) is 0.328.